The summed E-state index contributed by atoms with van der Waals surface area (Å²) in [6.07, 6.45) is 7.10. The van der Waals surface area contributed by atoms with Crippen LogP contribution < -0.4 is 4.90 Å². The predicted octanol–water partition coefficient (Wildman–Crippen LogP) is 2.32. The van der Waals surface area contributed by atoms with E-state index in [-0.39, 0.29) is 0 Å². The first-order valence-corrected chi connectivity index (χ1v) is 7.39. The number of hydrogen-bond donors (Lipinski definition) is 1. The molecule has 2 fully saturated rings. The Bertz CT molecular complexity index is 532. The average molecular weight is 275 g/mol. The van der Waals surface area contributed by atoms with E-state index in [1.807, 2.05) is 18.7 Å². The summed E-state index contributed by atoms with van der Waals surface area (Å²) in [6.45, 7) is 3.82. The Morgan fingerprint density at radius 1 is 1.35 bits per heavy atom. The molecule has 0 radical (unpaired) electrons. The van der Waals surface area contributed by atoms with Gasteiger partial charge in [-0.15, -0.1) is 0 Å². The zero-order valence-corrected chi connectivity index (χ0v) is 12.0. The minimum atomic E-state index is -0.734. The van der Waals surface area contributed by atoms with Crippen molar-refractivity contribution in [3.8, 4) is 0 Å². The maximum Gasteiger partial charge on any atom is 0.326 e. The average Bonchev–Trinajstić information content (AvgIpc) is 2.81. The van der Waals surface area contributed by atoms with Crippen molar-refractivity contribution in [2.24, 2.45) is 5.92 Å². The summed E-state index contributed by atoms with van der Waals surface area (Å²) in [5.41, 5.74) is 1.67. The lowest BCUT2D eigenvalue weighted by Crippen LogP contribution is -2.43. The number of fused-ring (bicyclic) bond motifs is 1. The molecule has 1 aromatic heterocycles. The van der Waals surface area contributed by atoms with Crippen molar-refractivity contribution < 1.29 is 9.90 Å². The van der Waals surface area contributed by atoms with Gasteiger partial charge in [-0.2, -0.15) is 0 Å². The number of carboxylic acid groups (broad SMARTS) is 1. The van der Waals surface area contributed by atoms with Crippen LogP contribution in [0.3, 0.4) is 0 Å². The van der Waals surface area contributed by atoms with Crippen LogP contribution in [-0.2, 0) is 4.79 Å². The van der Waals surface area contributed by atoms with Gasteiger partial charge in [-0.05, 0) is 39.0 Å². The monoisotopic (exact) mass is 275 g/mol. The third-order valence-corrected chi connectivity index (χ3v) is 4.67. The number of hydrogen-bond acceptors (Lipinski definition) is 4. The fourth-order valence-corrected chi connectivity index (χ4v) is 3.75. The van der Waals surface area contributed by atoms with Crippen LogP contribution in [0.5, 0.6) is 0 Å². The first-order chi connectivity index (χ1) is 9.58. The van der Waals surface area contributed by atoms with Gasteiger partial charge >= 0.3 is 5.97 Å². The number of aliphatic carboxylic acids is 1. The first-order valence-electron chi connectivity index (χ1n) is 7.39. The summed E-state index contributed by atoms with van der Waals surface area (Å²) in [4.78, 5) is 22.6. The molecule has 2 heterocycles. The van der Waals surface area contributed by atoms with Crippen LogP contribution in [0, 0.1) is 19.8 Å². The van der Waals surface area contributed by atoms with Gasteiger partial charge in [0.15, 0.2) is 5.82 Å². The predicted molar refractivity (Wildman–Crippen MR) is 75.8 cm³/mol. The van der Waals surface area contributed by atoms with Crippen molar-refractivity contribution in [3.63, 3.8) is 0 Å². The van der Waals surface area contributed by atoms with Gasteiger partial charge in [0.1, 0.15) is 6.04 Å². The number of anilines is 1. The summed E-state index contributed by atoms with van der Waals surface area (Å²) in [6, 6.07) is -0.127. The zero-order chi connectivity index (χ0) is 14.3. The normalized spacial score (nSPS) is 29.3. The molecule has 5 nitrogen and oxygen atoms in total. The Balaban J connectivity index is 2.02. The van der Waals surface area contributed by atoms with E-state index >= 15 is 0 Å². The van der Waals surface area contributed by atoms with Crippen molar-refractivity contribution in [1.82, 2.24) is 9.97 Å². The van der Waals surface area contributed by atoms with Crippen LogP contribution in [0.25, 0.3) is 0 Å². The van der Waals surface area contributed by atoms with Gasteiger partial charge in [0.25, 0.3) is 0 Å². The molecule has 1 aliphatic heterocycles. The largest absolute Gasteiger partial charge is 0.480 e. The molecule has 108 valence electrons. The van der Waals surface area contributed by atoms with Crippen molar-refractivity contribution in [1.29, 1.82) is 0 Å². The molecule has 2 aliphatic rings. The molecule has 1 saturated heterocycles. The van der Waals surface area contributed by atoms with E-state index in [1.54, 1.807) is 6.20 Å². The molecule has 1 N–H and O–H groups in total. The quantitative estimate of drug-likeness (QED) is 0.897. The fourth-order valence-electron chi connectivity index (χ4n) is 3.75. The fraction of sp³-hybridized carbons (Fsp3) is 0.667. The van der Waals surface area contributed by atoms with Crippen molar-refractivity contribution in [2.75, 3.05) is 4.90 Å². The number of nitrogens with zero attached hydrogens (tertiary/aromatic N) is 3. The number of rotatable bonds is 2. The Labute approximate surface area is 119 Å². The lowest BCUT2D eigenvalue weighted by atomic mass is 9.85. The zero-order valence-electron chi connectivity index (χ0n) is 12.0. The number of carbonyl (C=O) groups is 1. The van der Waals surface area contributed by atoms with Crippen LogP contribution in [0.2, 0.25) is 0 Å². The van der Waals surface area contributed by atoms with Gasteiger partial charge in [0, 0.05) is 12.2 Å². The topological polar surface area (TPSA) is 66.3 Å². The third-order valence-electron chi connectivity index (χ3n) is 4.67. The third kappa shape index (κ3) is 2.15. The summed E-state index contributed by atoms with van der Waals surface area (Å²) >= 11 is 0. The molecule has 0 spiro atoms. The first kappa shape index (κ1) is 13.3. The number of aromatic nitrogens is 2. The molecule has 3 atom stereocenters. The van der Waals surface area contributed by atoms with Gasteiger partial charge in [-0.1, -0.05) is 12.8 Å². The maximum atomic E-state index is 11.6. The highest BCUT2D eigenvalue weighted by Crippen LogP contribution is 2.42. The molecular weight excluding hydrogens is 254 g/mol. The molecule has 3 unspecified atom stereocenters. The Morgan fingerprint density at radius 2 is 2.10 bits per heavy atom. The van der Waals surface area contributed by atoms with E-state index in [4.69, 9.17) is 0 Å². The van der Waals surface area contributed by atoms with E-state index in [0.717, 1.165) is 36.5 Å². The second kappa shape index (κ2) is 5.04. The maximum absolute atomic E-state index is 11.6. The summed E-state index contributed by atoms with van der Waals surface area (Å²) < 4.78 is 0. The van der Waals surface area contributed by atoms with Crippen LogP contribution in [0.4, 0.5) is 5.82 Å². The standard InChI is InChI=1S/C15H21N3O2/c1-9-8-16-10(2)14(17-9)18-12-6-4-3-5-11(12)7-13(18)15(19)20/h8,11-13H,3-7H2,1-2H3,(H,19,20). The van der Waals surface area contributed by atoms with Crippen molar-refractivity contribution in [2.45, 2.75) is 58.0 Å². The van der Waals surface area contributed by atoms with Crippen LogP contribution in [0.15, 0.2) is 6.20 Å². The summed E-state index contributed by atoms with van der Waals surface area (Å²) in [5, 5.41) is 9.56. The van der Waals surface area contributed by atoms with Crippen LogP contribution in [-0.4, -0.2) is 33.1 Å². The van der Waals surface area contributed by atoms with E-state index in [2.05, 4.69) is 9.97 Å². The van der Waals surface area contributed by atoms with Gasteiger partial charge in [-0.3, -0.25) is 4.98 Å². The molecule has 0 amide bonds. The number of aryl methyl sites for hydroxylation is 2. The Hall–Kier alpha value is -1.65. The highest BCUT2D eigenvalue weighted by Gasteiger charge is 2.46. The smallest absolute Gasteiger partial charge is 0.326 e. The minimum absolute atomic E-state index is 0.319. The molecule has 0 aromatic carbocycles. The van der Waals surface area contributed by atoms with E-state index < -0.39 is 12.0 Å². The molecule has 0 bridgehead atoms. The van der Waals surface area contributed by atoms with Gasteiger partial charge in [-0.25, -0.2) is 9.78 Å². The van der Waals surface area contributed by atoms with Crippen LogP contribution in [0.1, 0.15) is 43.5 Å². The van der Waals surface area contributed by atoms with Crippen molar-refractivity contribution >= 4 is 11.8 Å². The Kier molecular flexibility index (Phi) is 3.36. The van der Waals surface area contributed by atoms with E-state index in [1.165, 1.54) is 12.8 Å². The van der Waals surface area contributed by atoms with Crippen molar-refractivity contribution in [3.05, 3.63) is 17.6 Å². The highest BCUT2D eigenvalue weighted by molar-refractivity contribution is 5.79. The number of carboxylic acids is 1. The summed E-state index contributed by atoms with van der Waals surface area (Å²) in [7, 11) is 0. The lowest BCUT2D eigenvalue weighted by molar-refractivity contribution is -0.138. The summed E-state index contributed by atoms with van der Waals surface area (Å²) in [5.74, 6) is 0.528. The van der Waals surface area contributed by atoms with Crippen LogP contribution >= 0.6 is 0 Å². The molecule has 1 aromatic rings. The van der Waals surface area contributed by atoms with E-state index in [0.29, 0.717) is 12.0 Å². The molecule has 1 aliphatic carbocycles. The van der Waals surface area contributed by atoms with Gasteiger partial charge in [0.2, 0.25) is 0 Å². The molecule has 1 saturated carbocycles. The van der Waals surface area contributed by atoms with E-state index in [9.17, 15) is 9.90 Å². The second-order valence-corrected chi connectivity index (χ2v) is 6.03. The SMILES string of the molecule is Cc1cnc(C)c(N2C(C(=O)O)CC3CCCCC32)n1. The molecule has 3 rings (SSSR count). The lowest BCUT2D eigenvalue weighted by Gasteiger charge is -2.34. The van der Waals surface area contributed by atoms with Gasteiger partial charge < -0.3 is 10.0 Å². The molecule has 20 heavy (non-hydrogen) atoms. The molecular formula is C15H21N3O2. The second-order valence-electron chi connectivity index (χ2n) is 6.03. The van der Waals surface area contributed by atoms with Gasteiger partial charge in [0.05, 0.1) is 11.4 Å². The molecule has 5 heteroatoms. The minimum Gasteiger partial charge on any atom is -0.480 e. The highest BCUT2D eigenvalue weighted by atomic mass is 16.4. The Morgan fingerprint density at radius 3 is 2.85 bits per heavy atom.